The number of carbonyl (C=O) groups excluding carboxylic acids is 1. The summed E-state index contributed by atoms with van der Waals surface area (Å²) in [5.41, 5.74) is 6.12. The molecule has 3 heterocycles. The topological polar surface area (TPSA) is 109 Å². The quantitative estimate of drug-likeness (QED) is 0.668. The van der Waals surface area contributed by atoms with Gasteiger partial charge in [-0.1, -0.05) is 0 Å². The van der Waals surface area contributed by atoms with Crippen LogP contribution in [-0.4, -0.2) is 37.7 Å². The number of halogens is 3. The highest BCUT2D eigenvalue weighted by Gasteiger charge is 2.30. The van der Waals surface area contributed by atoms with Crippen molar-refractivity contribution < 1.29 is 18.3 Å². The monoisotopic (exact) mass is 426 g/mol. The van der Waals surface area contributed by atoms with E-state index in [-0.39, 0.29) is 18.1 Å². The van der Waals surface area contributed by atoms with Crippen molar-refractivity contribution in [2.75, 3.05) is 7.11 Å². The number of carbonyl (C=O) groups is 1. The van der Waals surface area contributed by atoms with Gasteiger partial charge in [0.15, 0.2) is 5.82 Å². The van der Waals surface area contributed by atoms with Crippen molar-refractivity contribution in [3.05, 3.63) is 34.5 Å². The van der Waals surface area contributed by atoms with Crippen molar-refractivity contribution in [3.63, 3.8) is 0 Å². The van der Waals surface area contributed by atoms with Gasteiger partial charge in [0.1, 0.15) is 4.60 Å². The highest BCUT2D eigenvalue weighted by molar-refractivity contribution is 9.10. The predicted molar refractivity (Wildman–Crippen MR) is 91.2 cm³/mol. The number of nitrogens with two attached hydrogens (primary N) is 1. The molecule has 3 aromatic rings. The molecule has 0 unspecified atom stereocenters. The molecule has 0 fully saturated rings. The first-order valence-electron chi connectivity index (χ1n) is 7.32. The standard InChI is InChI=1S/C15H13BrF2N6O2/c1-15(17,18)14-21-11(5-12(22-14)26-2)24-9-3-7(4-10(19)25)20-6-8(9)13(16)23-24/h3,5-6H,4H2,1-2H3,(H2,19,25). The average Bonchev–Trinajstić information content (AvgIpc) is 2.89. The zero-order valence-electron chi connectivity index (χ0n) is 13.7. The van der Waals surface area contributed by atoms with Crippen LogP contribution in [0, 0.1) is 0 Å². The molecule has 0 radical (unpaired) electrons. The Labute approximate surface area is 154 Å². The second-order valence-electron chi connectivity index (χ2n) is 5.52. The molecule has 0 aliphatic heterocycles. The Hall–Kier alpha value is -2.69. The molecule has 0 saturated carbocycles. The minimum Gasteiger partial charge on any atom is -0.481 e. The maximum atomic E-state index is 13.7. The number of ether oxygens (including phenoxy) is 1. The minimum absolute atomic E-state index is 0.0299. The Morgan fingerprint density at radius 1 is 1.38 bits per heavy atom. The Kier molecular flexibility index (Phi) is 4.57. The molecule has 0 saturated heterocycles. The van der Waals surface area contributed by atoms with Crippen LogP contribution in [0.25, 0.3) is 16.7 Å². The SMILES string of the molecule is COc1cc(-n2nc(Br)c3cnc(CC(N)=O)cc32)nc(C(C)(F)F)n1. The maximum Gasteiger partial charge on any atom is 0.304 e. The van der Waals surface area contributed by atoms with Crippen LogP contribution in [0.3, 0.4) is 0 Å². The third-order valence-corrected chi connectivity index (χ3v) is 4.03. The van der Waals surface area contributed by atoms with Gasteiger partial charge in [-0.25, -0.2) is 9.67 Å². The third-order valence-electron chi connectivity index (χ3n) is 3.44. The Morgan fingerprint density at radius 2 is 2.12 bits per heavy atom. The number of nitrogens with zero attached hydrogens (tertiary/aromatic N) is 5. The van der Waals surface area contributed by atoms with E-state index in [1.165, 1.54) is 24.1 Å². The number of alkyl halides is 2. The fourth-order valence-corrected chi connectivity index (χ4v) is 2.75. The summed E-state index contributed by atoms with van der Waals surface area (Å²) in [4.78, 5) is 22.9. The maximum absolute atomic E-state index is 13.7. The number of primary amides is 1. The highest BCUT2D eigenvalue weighted by Crippen LogP contribution is 2.29. The molecule has 2 N–H and O–H groups in total. The number of hydrogen-bond donors (Lipinski definition) is 1. The summed E-state index contributed by atoms with van der Waals surface area (Å²) in [7, 11) is 1.32. The van der Waals surface area contributed by atoms with E-state index in [2.05, 4.69) is 36.0 Å². The van der Waals surface area contributed by atoms with Gasteiger partial charge >= 0.3 is 5.92 Å². The Morgan fingerprint density at radius 3 is 2.73 bits per heavy atom. The third kappa shape index (κ3) is 3.47. The summed E-state index contributed by atoms with van der Waals surface area (Å²) in [5.74, 6) is -4.45. The van der Waals surface area contributed by atoms with Crippen LogP contribution in [0.4, 0.5) is 8.78 Å². The molecule has 0 atom stereocenters. The molecule has 26 heavy (non-hydrogen) atoms. The van der Waals surface area contributed by atoms with Gasteiger partial charge in [0.2, 0.25) is 17.6 Å². The number of aromatic nitrogens is 5. The Bertz CT molecular complexity index is 1000. The second kappa shape index (κ2) is 6.56. The zero-order valence-corrected chi connectivity index (χ0v) is 15.3. The molecule has 3 aromatic heterocycles. The predicted octanol–water partition coefficient (Wildman–Crippen LogP) is 2.12. The summed E-state index contributed by atoms with van der Waals surface area (Å²) in [5, 5.41) is 4.88. The zero-order chi connectivity index (χ0) is 19.1. The number of methoxy groups -OCH3 is 1. The first-order chi connectivity index (χ1) is 12.2. The van der Waals surface area contributed by atoms with Crippen LogP contribution in [0.2, 0.25) is 0 Å². The lowest BCUT2D eigenvalue weighted by molar-refractivity contribution is -0.117. The lowest BCUT2D eigenvalue weighted by Gasteiger charge is -2.12. The molecular weight excluding hydrogens is 414 g/mol. The fourth-order valence-electron chi connectivity index (χ4n) is 2.29. The number of fused-ring (bicyclic) bond motifs is 1. The van der Waals surface area contributed by atoms with Gasteiger partial charge in [-0.05, 0) is 22.0 Å². The summed E-state index contributed by atoms with van der Waals surface area (Å²) < 4.78 is 34.2. The van der Waals surface area contributed by atoms with Crippen LogP contribution in [-0.2, 0) is 17.1 Å². The molecule has 0 aliphatic rings. The molecule has 0 aliphatic carbocycles. The van der Waals surface area contributed by atoms with Crippen molar-refractivity contribution in [1.82, 2.24) is 24.7 Å². The van der Waals surface area contributed by atoms with Gasteiger partial charge in [0, 0.05) is 19.2 Å². The van der Waals surface area contributed by atoms with E-state index in [4.69, 9.17) is 10.5 Å². The first kappa shape index (κ1) is 18.1. The number of hydrogen-bond acceptors (Lipinski definition) is 6. The smallest absolute Gasteiger partial charge is 0.304 e. The van der Waals surface area contributed by atoms with Gasteiger partial charge < -0.3 is 10.5 Å². The van der Waals surface area contributed by atoms with Crippen molar-refractivity contribution in [2.45, 2.75) is 19.3 Å². The van der Waals surface area contributed by atoms with E-state index in [0.717, 1.165) is 0 Å². The van der Waals surface area contributed by atoms with Gasteiger partial charge in [0.25, 0.3) is 0 Å². The van der Waals surface area contributed by atoms with Crippen molar-refractivity contribution in [2.24, 2.45) is 5.73 Å². The number of rotatable bonds is 5. The molecule has 11 heteroatoms. The van der Waals surface area contributed by atoms with E-state index in [9.17, 15) is 13.6 Å². The molecular formula is C15H13BrF2N6O2. The van der Waals surface area contributed by atoms with Gasteiger partial charge in [-0.3, -0.25) is 9.78 Å². The van der Waals surface area contributed by atoms with Crippen molar-refractivity contribution >= 4 is 32.7 Å². The summed E-state index contributed by atoms with van der Waals surface area (Å²) in [6.45, 7) is 0.692. The molecule has 0 aromatic carbocycles. The van der Waals surface area contributed by atoms with E-state index in [0.29, 0.717) is 28.1 Å². The van der Waals surface area contributed by atoms with Crippen LogP contribution in [0.1, 0.15) is 18.4 Å². The minimum atomic E-state index is -3.26. The second-order valence-corrected chi connectivity index (χ2v) is 6.27. The lowest BCUT2D eigenvalue weighted by Crippen LogP contribution is -2.16. The van der Waals surface area contributed by atoms with E-state index in [1.54, 1.807) is 6.07 Å². The van der Waals surface area contributed by atoms with Crippen LogP contribution in [0.15, 0.2) is 22.9 Å². The molecule has 3 rings (SSSR count). The van der Waals surface area contributed by atoms with Crippen LogP contribution >= 0.6 is 15.9 Å². The van der Waals surface area contributed by atoms with E-state index >= 15 is 0 Å². The van der Waals surface area contributed by atoms with Crippen LogP contribution < -0.4 is 10.5 Å². The molecule has 136 valence electrons. The van der Waals surface area contributed by atoms with Gasteiger partial charge in [-0.15, -0.1) is 0 Å². The van der Waals surface area contributed by atoms with Crippen molar-refractivity contribution in [1.29, 1.82) is 0 Å². The first-order valence-corrected chi connectivity index (χ1v) is 8.11. The summed E-state index contributed by atoms with van der Waals surface area (Å²) >= 11 is 3.30. The van der Waals surface area contributed by atoms with Crippen LogP contribution in [0.5, 0.6) is 5.88 Å². The summed E-state index contributed by atoms with van der Waals surface area (Å²) in [6, 6.07) is 2.97. The molecule has 1 amide bonds. The lowest BCUT2D eigenvalue weighted by atomic mass is 10.2. The highest BCUT2D eigenvalue weighted by atomic mass is 79.9. The normalized spacial score (nSPS) is 11.7. The van der Waals surface area contributed by atoms with Gasteiger partial charge in [0.05, 0.1) is 30.1 Å². The fraction of sp³-hybridized carbons (Fsp3) is 0.267. The number of pyridine rings is 1. The van der Waals surface area contributed by atoms with Gasteiger partial charge in [-0.2, -0.15) is 18.9 Å². The average molecular weight is 427 g/mol. The summed E-state index contributed by atoms with van der Waals surface area (Å²) in [6.07, 6.45) is 1.44. The van der Waals surface area contributed by atoms with Crippen molar-refractivity contribution in [3.8, 4) is 11.7 Å². The van der Waals surface area contributed by atoms with E-state index < -0.39 is 17.7 Å². The Balaban J connectivity index is 2.23. The van der Waals surface area contributed by atoms with E-state index in [1.807, 2.05) is 0 Å². The molecule has 0 bridgehead atoms. The molecule has 8 nitrogen and oxygen atoms in total. The molecule has 0 spiro atoms. The largest absolute Gasteiger partial charge is 0.481 e. The number of amides is 1.